The minimum atomic E-state index is -0.245. The summed E-state index contributed by atoms with van der Waals surface area (Å²) in [4.78, 5) is 13.8. The van der Waals surface area contributed by atoms with E-state index in [1.165, 1.54) is 30.7 Å². The third kappa shape index (κ3) is 6.67. The van der Waals surface area contributed by atoms with Gasteiger partial charge in [-0.1, -0.05) is 48.7 Å². The molecular weight excluding hydrogens is 378 g/mol. The lowest BCUT2D eigenvalue weighted by atomic mass is 9.92. The summed E-state index contributed by atoms with van der Waals surface area (Å²) >= 11 is 0. The van der Waals surface area contributed by atoms with E-state index in [1.807, 2.05) is 12.2 Å². The van der Waals surface area contributed by atoms with Gasteiger partial charge in [-0.25, -0.2) is 0 Å². The second-order valence-electron chi connectivity index (χ2n) is 6.93. The Kier molecular flexibility index (Phi) is 8.50. The molecule has 1 N–H and O–H groups in total. The molecule has 30 heavy (non-hydrogen) atoms. The molecule has 0 bridgehead atoms. The zero-order valence-electron chi connectivity index (χ0n) is 18.1. The fourth-order valence-corrected chi connectivity index (χ4v) is 2.84. The summed E-state index contributed by atoms with van der Waals surface area (Å²) in [5, 5.41) is 7.23. The first-order chi connectivity index (χ1) is 14.3. The van der Waals surface area contributed by atoms with E-state index in [2.05, 4.69) is 64.6 Å². The zero-order valence-corrected chi connectivity index (χ0v) is 18.1. The number of benzene rings is 1. The number of methoxy groups -OCH3 is 1. The molecule has 0 atom stereocenters. The van der Waals surface area contributed by atoms with Crippen molar-refractivity contribution in [2.24, 2.45) is 0 Å². The number of allylic oxidation sites excluding steroid dienone is 4. The summed E-state index contributed by atoms with van der Waals surface area (Å²) in [6, 6.07) is 6.48. The van der Waals surface area contributed by atoms with Crippen LogP contribution in [-0.4, -0.2) is 36.3 Å². The predicted octanol–water partition coefficient (Wildman–Crippen LogP) is 4.53. The molecule has 0 amide bonds. The van der Waals surface area contributed by atoms with Crippen LogP contribution in [-0.2, 0) is 9.53 Å². The van der Waals surface area contributed by atoms with E-state index in [4.69, 9.17) is 4.52 Å². The monoisotopic (exact) mass is 407 g/mol. The number of hydrogen-bond donors (Lipinski definition) is 1. The first kappa shape index (κ1) is 23.0. The molecule has 6 heteroatoms. The van der Waals surface area contributed by atoms with Crippen LogP contribution >= 0.6 is 0 Å². The van der Waals surface area contributed by atoms with Crippen molar-refractivity contribution in [2.75, 3.05) is 20.2 Å². The van der Waals surface area contributed by atoms with Crippen molar-refractivity contribution in [2.45, 2.75) is 27.2 Å². The summed E-state index contributed by atoms with van der Waals surface area (Å²) in [7, 11) is 1.35. The van der Waals surface area contributed by atoms with Gasteiger partial charge >= 0.3 is 5.97 Å². The van der Waals surface area contributed by atoms with E-state index >= 15 is 0 Å². The Labute approximate surface area is 178 Å². The van der Waals surface area contributed by atoms with Crippen molar-refractivity contribution in [3.63, 3.8) is 0 Å². The molecule has 3 rings (SSSR count). The largest absolute Gasteiger partial charge is 0.469 e. The molecular formula is C24H29N3O3. The number of hydrogen-bond acceptors (Lipinski definition) is 6. The molecule has 0 fully saturated rings. The van der Waals surface area contributed by atoms with Crippen LogP contribution in [0.25, 0.3) is 16.7 Å². The maximum Gasteiger partial charge on any atom is 0.302 e. The van der Waals surface area contributed by atoms with E-state index in [-0.39, 0.29) is 5.97 Å². The summed E-state index contributed by atoms with van der Waals surface area (Å²) in [6.07, 6.45) is 7.14. The van der Waals surface area contributed by atoms with E-state index in [9.17, 15) is 4.79 Å². The van der Waals surface area contributed by atoms with E-state index in [0.717, 1.165) is 30.6 Å². The zero-order chi connectivity index (χ0) is 22.1. The molecule has 0 radical (unpaired) electrons. The van der Waals surface area contributed by atoms with Crippen LogP contribution < -0.4 is 5.32 Å². The third-order valence-electron chi connectivity index (χ3n) is 4.61. The number of esters is 1. The van der Waals surface area contributed by atoms with Crippen LogP contribution in [0.15, 0.2) is 54.1 Å². The molecule has 1 aromatic heterocycles. The molecule has 2 aromatic rings. The van der Waals surface area contributed by atoms with Crippen LogP contribution in [0.2, 0.25) is 0 Å². The van der Waals surface area contributed by atoms with Gasteiger partial charge in [0.15, 0.2) is 0 Å². The molecule has 0 unspecified atom stereocenters. The molecule has 1 aliphatic rings. The lowest BCUT2D eigenvalue weighted by molar-refractivity contribution is -0.137. The predicted molar refractivity (Wildman–Crippen MR) is 121 cm³/mol. The third-order valence-corrected chi connectivity index (χ3v) is 4.61. The first-order valence-corrected chi connectivity index (χ1v) is 9.74. The number of ether oxygens (including phenoxy) is 1. The van der Waals surface area contributed by atoms with Crippen LogP contribution in [0.1, 0.15) is 41.8 Å². The van der Waals surface area contributed by atoms with Gasteiger partial charge in [0.05, 0.1) is 7.11 Å². The van der Waals surface area contributed by atoms with Crippen LogP contribution in [0.4, 0.5) is 0 Å². The lowest BCUT2D eigenvalue weighted by Crippen LogP contribution is -2.20. The summed E-state index contributed by atoms with van der Waals surface area (Å²) in [6.45, 7) is 15.4. The van der Waals surface area contributed by atoms with Gasteiger partial charge in [-0.2, -0.15) is 4.98 Å². The number of nitrogens with zero attached hydrogens (tertiary/aromatic N) is 2. The minimum Gasteiger partial charge on any atom is -0.469 e. The quantitative estimate of drug-likeness (QED) is 0.580. The Morgan fingerprint density at radius 3 is 2.50 bits per heavy atom. The molecule has 1 aromatic carbocycles. The van der Waals surface area contributed by atoms with Crippen molar-refractivity contribution in [3.05, 3.63) is 78.0 Å². The number of carbonyl (C=O) groups is 1. The highest BCUT2D eigenvalue weighted by atomic mass is 16.5. The molecule has 0 aliphatic carbocycles. The number of carbonyl (C=O) groups excluding carboxylic acids is 1. The second-order valence-corrected chi connectivity index (χ2v) is 6.93. The van der Waals surface area contributed by atoms with Gasteiger partial charge < -0.3 is 14.6 Å². The van der Waals surface area contributed by atoms with Crippen LogP contribution in [0, 0.1) is 13.8 Å². The van der Waals surface area contributed by atoms with Gasteiger partial charge in [-0.05, 0) is 53.8 Å². The Balaban J connectivity index is 0.000000575. The van der Waals surface area contributed by atoms with Gasteiger partial charge in [0.1, 0.15) is 0 Å². The van der Waals surface area contributed by atoms with E-state index in [1.54, 1.807) is 6.92 Å². The van der Waals surface area contributed by atoms with Gasteiger partial charge in [0.25, 0.3) is 0 Å². The fourth-order valence-electron chi connectivity index (χ4n) is 2.84. The smallest absolute Gasteiger partial charge is 0.302 e. The molecule has 0 saturated heterocycles. The maximum atomic E-state index is 9.59. The summed E-state index contributed by atoms with van der Waals surface area (Å²) in [5.41, 5.74) is 6.74. The van der Waals surface area contributed by atoms with Crippen LogP contribution in [0.5, 0.6) is 0 Å². The van der Waals surface area contributed by atoms with Crippen molar-refractivity contribution in [1.29, 1.82) is 0 Å². The molecule has 6 nitrogen and oxygen atoms in total. The number of aromatic nitrogens is 2. The molecule has 0 saturated carbocycles. The van der Waals surface area contributed by atoms with Crippen molar-refractivity contribution >= 4 is 22.7 Å². The number of nitrogens with one attached hydrogen (secondary N) is 1. The van der Waals surface area contributed by atoms with Gasteiger partial charge in [-0.15, -0.1) is 0 Å². The summed E-state index contributed by atoms with van der Waals surface area (Å²) < 4.78 is 9.09. The topological polar surface area (TPSA) is 77.2 Å². The molecule has 2 heterocycles. The van der Waals surface area contributed by atoms with Crippen molar-refractivity contribution < 1.29 is 14.1 Å². The average molecular weight is 408 g/mol. The number of rotatable bonds is 5. The highest BCUT2D eigenvalue weighted by Crippen LogP contribution is 2.27. The summed E-state index contributed by atoms with van der Waals surface area (Å²) in [5.74, 6) is 0.790. The van der Waals surface area contributed by atoms with Gasteiger partial charge in [-0.3, -0.25) is 4.79 Å². The Morgan fingerprint density at radius 1 is 1.23 bits per heavy atom. The average Bonchev–Trinajstić information content (AvgIpc) is 3.19. The Hall–Kier alpha value is -3.25. The Bertz CT molecular complexity index is 983. The van der Waals surface area contributed by atoms with Gasteiger partial charge in [0, 0.05) is 26.0 Å². The molecule has 158 valence electrons. The van der Waals surface area contributed by atoms with Crippen molar-refractivity contribution in [1.82, 2.24) is 15.5 Å². The minimum absolute atomic E-state index is 0.245. The normalized spacial score (nSPS) is 13.3. The van der Waals surface area contributed by atoms with E-state index < -0.39 is 0 Å². The molecule has 0 spiro atoms. The fraction of sp³-hybridized carbons (Fsp3) is 0.292. The Morgan fingerprint density at radius 2 is 1.93 bits per heavy atom. The highest BCUT2D eigenvalue weighted by molar-refractivity contribution is 5.80. The highest BCUT2D eigenvalue weighted by Gasteiger charge is 2.10. The first-order valence-electron chi connectivity index (χ1n) is 9.74. The van der Waals surface area contributed by atoms with Crippen molar-refractivity contribution in [3.8, 4) is 0 Å². The SMILES string of the molecule is C=C(/C=C\C(=C)c1noc(C)n1)c1ccc(C)c(C2=CCNCC2)c1.COC(C)=O. The number of aryl methyl sites for hydroxylation is 2. The second kappa shape index (κ2) is 11.1. The van der Waals surface area contributed by atoms with E-state index in [0.29, 0.717) is 17.3 Å². The standard InChI is InChI=1S/C21H23N3O.C3H6O2/c1-14(5-6-16(3)21-23-17(4)25-24-21)19-8-7-15(2)20(13-19)18-9-11-22-12-10-18;1-3(4)5-2/h5-9,13,22H,1,3,10-12H2,2,4H3;1-2H3/b6-5-;. The lowest BCUT2D eigenvalue weighted by Gasteiger charge is -2.17. The molecule has 1 aliphatic heterocycles. The van der Waals surface area contributed by atoms with Crippen LogP contribution in [0.3, 0.4) is 0 Å². The maximum absolute atomic E-state index is 9.59. The van der Waals surface area contributed by atoms with Gasteiger partial charge in [0.2, 0.25) is 11.7 Å².